The number of rotatable bonds is 1. The summed E-state index contributed by atoms with van der Waals surface area (Å²) in [4.78, 5) is 14.9. The van der Waals surface area contributed by atoms with Crippen LogP contribution < -0.4 is 5.73 Å². The summed E-state index contributed by atoms with van der Waals surface area (Å²) >= 11 is 12.3. The number of nitrogens with zero attached hydrogens (tertiary/aromatic N) is 1. The van der Waals surface area contributed by atoms with E-state index in [1.54, 1.807) is 12.1 Å². The first kappa shape index (κ1) is 15.0. The van der Waals surface area contributed by atoms with Crippen LogP contribution >= 0.6 is 23.2 Å². The molecule has 5 heteroatoms. The molecule has 1 aromatic carbocycles. The molecule has 1 aromatic rings. The van der Waals surface area contributed by atoms with Crippen LogP contribution in [-0.4, -0.2) is 23.4 Å². The van der Waals surface area contributed by atoms with Gasteiger partial charge in [0, 0.05) is 18.3 Å². The largest absolute Gasteiger partial charge is 0.399 e. The number of amides is 1. The predicted molar refractivity (Wildman–Crippen MR) is 86.9 cm³/mol. The van der Waals surface area contributed by atoms with Crippen molar-refractivity contribution in [3.05, 3.63) is 27.7 Å². The number of anilines is 1. The van der Waals surface area contributed by atoms with Gasteiger partial charge in [0.25, 0.3) is 5.91 Å². The third-order valence-corrected chi connectivity index (χ3v) is 5.59. The second-order valence-electron chi connectivity index (χ2n) is 6.12. The SMILES string of the molecule is Nc1cc(Cl)c(Cl)c(C(=O)N2CCC[C@H]3CCCC[C@H]32)c1. The lowest BCUT2D eigenvalue weighted by Gasteiger charge is -2.44. The van der Waals surface area contributed by atoms with E-state index < -0.39 is 0 Å². The zero-order valence-corrected chi connectivity index (χ0v) is 13.5. The van der Waals surface area contributed by atoms with Crippen LogP contribution in [0, 0.1) is 5.92 Å². The Morgan fingerprint density at radius 3 is 2.67 bits per heavy atom. The zero-order valence-electron chi connectivity index (χ0n) is 11.9. The Bertz CT molecular complexity index is 559. The van der Waals surface area contributed by atoms with Crippen molar-refractivity contribution >= 4 is 34.8 Å². The summed E-state index contributed by atoms with van der Waals surface area (Å²) in [6, 6.07) is 3.58. The number of nitrogens with two attached hydrogens (primary N) is 1. The molecule has 1 saturated carbocycles. The molecule has 114 valence electrons. The van der Waals surface area contributed by atoms with E-state index in [9.17, 15) is 4.79 Å². The molecule has 1 aliphatic carbocycles. The molecule has 0 spiro atoms. The van der Waals surface area contributed by atoms with E-state index >= 15 is 0 Å². The summed E-state index contributed by atoms with van der Waals surface area (Å²) in [6.45, 7) is 0.808. The van der Waals surface area contributed by atoms with E-state index in [4.69, 9.17) is 28.9 Å². The molecule has 2 N–H and O–H groups in total. The van der Waals surface area contributed by atoms with Crippen LogP contribution in [0.1, 0.15) is 48.9 Å². The maximum atomic E-state index is 12.9. The quantitative estimate of drug-likeness (QED) is 0.779. The van der Waals surface area contributed by atoms with Gasteiger partial charge in [-0.15, -0.1) is 0 Å². The molecule has 0 radical (unpaired) electrons. The fourth-order valence-electron chi connectivity index (χ4n) is 3.80. The maximum absolute atomic E-state index is 12.9. The van der Waals surface area contributed by atoms with Gasteiger partial charge in [-0.2, -0.15) is 0 Å². The number of carbonyl (C=O) groups excluding carboxylic acids is 1. The minimum Gasteiger partial charge on any atom is -0.399 e. The topological polar surface area (TPSA) is 46.3 Å². The molecule has 1 aliphatic heterocycles. The van der Waals surface area contributed by atoms with E-state index in [1.165, 1.54) is 25.7 Å². The minimum absolute atomic E-state index is 0.0224. The molecule has 2 fully saturated rings. The van der Waals surface area contributed by atoms with Gasteiger partial charge >= 0.3 is 0 Å². The van der Waals surface area contributed by atoms with E-state index in [0.29, 0.717) is 33.3 Å². The van der Waals surface area contributed by atoms with E-state index in [0.717, 1.165) is 19.4 Å². The maximum Gasteiger partial charge on any atom is 0.255 e. The van der Waals surface area contributed by atoms with Crippen LogP contribution in [0.15, 0.2) is 12.1 Å². The lowest BCUT2D eigenvalue weighted by atomic mass is 9.78. The average molecular weight is 327 g/mol. The van der Waals surface area contributed by atoms with Crippen LogP contribution in [0.5, 0.6) is 0 Å². The van der Waals surface area contributed by atoms with Crippen molar-refractivity contribution in [2.45, 2.75) is 44.6 Å². The van der Waals surface area contributed by atoms with Gasteiger partial charge in [-0.05, 0) is 43.7 Å². The van der Waals surface area contributed by atoms with E-state index in [-0.39, 0.29) is 5.91 Å². The summed E-state index contributed by atoms with van der Waals surface area (Å²) in [5.41, 5.74) is 6.73. The van der Waals surface area contributed by atoms with Crippen molar-refractivity contribution in [1.82, 2.24) is 4.90 Å². The number of piperidine rings is 1. The standard InChI is InChI=1S/C16H20Cl2N2O/c17-13-9-11(19)8-12(15(13)18)16(21)20-7-3-5-10-4-1-2-6-14(10)20/h8-10,14H,1-7,19H2/t10-,14-/m1/s1. The fourth-order valence-corrected chi connectivity index (χ4v) is 4.22. The first-order chi connectivity index (χ1) is 10.1. The van der Waals surface area contributed by atoms with Gasteiger partial charge in [-0.3, -0.25) is 4.79 Å². The zero-order chi connectivity index (χ0) is 15.0. The number of hydrogen-bond acceptors (Lipinski definition) is 2. The van der Waals surface area contributed by atoms with Gasteiger partial charge in [0.05, 0.1) is 15.6 Å². The van der Waals surface area contributed by atoms with Crippen LogP contribution in [0.2, 0.25) is 10.0 Å². The van der Waals surface area contributed by atoms with Crippen molar-refractivity contribution < 1.29 is 4.79 Å². The Balaban J connectivity index is 1.90. The first-order valence-corrected chi connectivity index (χ1v) is 8.39. The predicted octanol–water partition coefficient (Wildman–Crippen LogP) is 4.37. The van der Waals surface area contributed by atoms with E-state index in [2.05, 4.69) is 0 Å². The highest BCUT2D eigenvalue weighted by atomic mass is 35.5. The van der Waals surface area contributed by atoms with Gasteiger partial charge in [-0.25, -0.2) is 0 Å². The second-order valence-corrected chi connectivity index (χ2v) is 6.90. The van der Waals surface area contributed by atoms with Crippen molar-refractivity contribution in [1.29, 1.82) is 0 Å². The third-order valence-electron chi connectivity index (χ3n) is 4.79. The highest BCUT2D eigenvalue weighted by molar-refractivity contribution is 6.44. The number of fused-ring (bicyclic) bond motifs is 1. The molecule has 3 nitrogen and oxygen atoms in total. The number of nitrogen functional groups attached to an aromatic ring is 1. The molecule has 1 heterocycles. The fraction of sp³-hybridized carbons (Fsp3) is 0.562. The summed E-state index contributed by atoms with van der Waals surface area (Å²) in [6.07, 6.45) is 7.13. The number of likely N-dealkylation sites (tertiary alicyclic amines) is 1. The monoisotopic (exact) mass is 326 g/mol. The van der Waals surface area contributed by atoms with Crippen molar-refractivity contribution in [3.8, 4) is 0 Å². The number of carbonyl (C=O) groups is 1. The second kappa shape index (κ2) is 6.05. The molecule has 2 atom stereocenters. The molecule has 0 unspecified atom stereocenters. The normalized spacial score (nSPS) is 25.5. The van der Waals surface area contributed by atoms with Crippen LogP contribution in [-0.2, 0) is 0 Å². The molecule has 21 heavy (non-hydrogen) atoms. The third kappa shape index (κ3) is 2.86. The Morgan fingerprint density at radius 1 is 1.14 bits per heavy atom. The number of hydrogen-bond donors (Lipinski definition) is 1. The Kier molecular flexibility index (Phi) is 4.32. The molecule has 1 saturated heterocycles. The van der Waals surface area contributed by atoms with Crippen molar-refractivity contribution in [2.24, 2.45) is 5.92 Å². The number of benzene rings is 1. The Hall–Kier alpha value is -0.930. The smallest absolute Gasteiger partial charge is 0.255 e. The highest BCUT2D eigenvalue weighted by Crippen LogP contribution is 2.37. The molecule has 0 aromatic heterocycles. The first-order valence-electron chi connectivity index (χ1n) is 7.63. The van der Waals surface area contributed by atoms with Gasteiger partial charge in [-0.1, -0.05) is 36.0 Å². The molecule has 1 amide bonds. The van der Waals surface area contributed by atoms with Crippen LogP contribution in [0.4, 0.5) is 5.69 Å². The average Bonchev–Trinajstić information content (AvgIpc) is 2.49. The van der Waals surface area contributed by atoms with Crippen molar-refractivity contribution in [3.63, 3.8) is 0 Å². The van der Waals surface area contributed by atoms with E-state index in [1.807, 2.05) is 4.90 Å². The molecule has 2 aliphatic rings. The Morgan fingerprint density at radius 2 is 1.86 bits per heavy atom. The molecule has 0 bridgehead atoms. The van der Waals surface area contributed by atoms with Crippen LogP contribution in [0.3, 0.4) is 0 Å². The summed E-state index contributed by atoms with van der Waals surface area (Å²) in [5, 5.41) is 0.658. The van der Waals surface area contributed by atoms with Gasteiger partial charge < -0.3 is 10.6 Å². The lowest BCUT2D eigenvalue weighted by molar-refractivity contribution is 0.0391. The highest BCUT2D eigenvalue weighted by Gasteiger charge is 2.36. The van der Waals surface area contributed by atoms with Crippen molar-refractivity contribution in [2.75, 3.05) is 12.3 Å². The Labute approximate surface area is 135 Å². The molecular formula is C16H20Cl2N2O. The molecule has 3 rings (SSSR count). The summed E-state index contributed by atoms with van der Waals surface area (Å²) < 4.78 is 0. The van der Waals surface area contributed by atoms with Gasteiger partial charge in [0.2, 0.25) is 0 Å². The summed E-state index contributed by atoms with van der Waals surface area (Å²) in [5.74, 6) is 0.623. The summed E-state index contributed by atoms with van der Waals surface area (Å²) in [7, 11) is 0. The minimum atomic E-state index is -0.0224. The number of halogens is 2. The van der Waals surface area contributed by atoms with Gasteiger partial charge in [0.15, 0.2) is 0 Å². The lowest BCUT2D eigenvalue weighted by Crippen LogP contribution is -2.49. The molecular weight excluding hydrogens is 307 g/mol. The van der Waals surface area contributed by atoms with Gasteiger partial charge in [0.1, 0.15) is 0 Å². The van der Waals surface area contributed by atoms with Crippen LogP contribution in [0.25, 0.3) is 0 Å².